The lowest BCUT2D eigenvalue weighted by molar-refractivity contribution is 0.102. The monoisotopic (exact) mass is 299 g/mol. The first-order valence-electron chi connectivity index (χ1n) is 5.09. The number of rotatable bonds is 2. The summed E-state index contributed by atoms with van der Waals surface area (Å²) in [5.74, 6) is -0.268. The van der Waals surface area contributed by atoms with Crippen LogP contribution >= 0.6 is 34.8 Å². The van der Waals surface area contributed by atoms with Gasteiger partial charge in [0.2, 0.25) is 0 Å². The quantitative estimate of drug-likeness (QED) is 0.840. The molecule has 18 heavy (non-hydrogen) atoms. The van der Waals surface area contributed by atoms with Gasteiger partial charge in [0.25, 0.3) is 5.91 Å². The van der Waals surface area contributed by atoms with Crippen LogP contribution in [0.15, 0.2) is 42.5 Å². The predicted octanol–water partition coefficient (Wildman–Crippen LogP) is 4.90. The van der Waals surface area contributed by atoms with Crippen LogP contribution in [0.25, 0.3) is 0 Å². The van der Waals surface area contributed by atoms with Gasteiger partial charge in [-0.05, 0) is 36.4 Å². The SMILES string of the molecule is O=C(Nc1cccc(Cl)c1Cl)c1ccc(Cl)cc1. The summed E-state index contributed by atoms with van der Waals surface area (Å²) < 4.78 is 0. The Hall–Kier alpha value is -1.22. The van der Waals surface area contributed by atoms with Gasteiger partial charge >= 0.3 is 0 Å². The fourth-order valence-corrected chi connectivity index (χ4v) is 1.87. The number of halogens is 3. The maximum Gasteiger partial charge on any atom is 0.255 e. The van der Waals surface area contributed by atoms with Crippen LogP contribution in [0.2, 0.25) is 15.1 Å². The fourth-order valence-electron chi connectivity index (χ4n) is 1.40. The molecule has 2 rings (SSSR count). The second-order valence-electron chi connectivity index (χ2n) is 3.56. The van der Waals surface area contributed by atoms with E-state index in [4.69, 9.17) is 34.8 Å². The van der Waals surface area contributed by atoms with Gasteiger partial charge in [0, 0.05) is 10.6 Å². The van der Waals surface area contributed by atoms with E-state index in [0.29, 0.717) is 26.3 Å². The molecule has 2 nitrogen and oxygen atoms in total. The van der Waals surface area contributed by atoms with Crippen LogP contribution in [0, 0.1) is 0 Å². The van der Waals surface area contributed by atoms with Crippen molar-refractivity contribution in [2.75, 3.05) is 5.32 Å². The Labute approximate surface area is 119 Å². The van der Waals surface area contributed by atoms with Gasteiger partial charge < -0.3 is 5.32 Å². The minimum absolute atomic E-state index is 0.268. The first kappa shape index (κ1) is 13.2. The van der Waals surface area contributed by atoms with Crippen molar-refractivity contribution in [2.24, 2.45) is 0 Å². The molecular weight excluding hydrogens is 293 g/mol. The molecule has 0 unspecified atom stereocenters. The molecule has 0 fully saturated rings. The van der Waals surface area contributed by atoms with E-state index >= 15 is 0 Å². The predicted molar refractivity (Wildman–Crippen MR) is 75.9 cm³/mol. The third-order valence-electron chi connectivity index (χ3n) is 2.31. The minimum atomic E-state index is -0.268. The average molecular weight is 301 g/mol. The van der Waals surface area contributed by atoms with Crippen molar-refractivity contribution in [1.82, 2.24) is 0 Å². The lowest BCUT2D eigenvalue weighted by atomic mass is 10.2. The number of carbonyl (C=O) groups is 1. The van der Waals surface area contributed by atoms with Gasteiger partial charge in [-0.3, -0.25) is 4.79 Å². The van der Waals surface area contributed by atoms with Gasteiger partial charge in [-0.25, -0.2) is 0 Å². The Balaban J connectivity index is 2.21. The van der Waals surface area contributed by atoms with Gasteiger partial charge in [-0.2, -0.15) is 0 Å². The highest BCUT2D eigenvalue weighted by molar-refractivity contribution is 6.44. The summed E-state index contributed by atoms with van der Waals surface area (Å²) in [6.45, 7) is 0. The topological polar surface area (TPSA) is 29.1 Å². The molecule has 92 valence electrons. The van der Waals surface area contributed by atoms with E-state index < -0.39 is 0 Å². The molecule has 0 radical (unpaired) electrons. The normalized spacial score (nSPS) is 10.2. The van der Waals surface area contributed by atoms with Crippen LogP contribution in [-0.4, -0.2) is 5.91 Å². The molecule has 5 heteroatoms. The second kappa shape index (κ2) is 5.61. The standard InChI is InChI=1S/C13H8Cl3NO/c14-9-6-4-8(5-7-9)13(18)17-11-3-1-2-10(15)12(11)16/h1-7H,(H,17,18). The molecule has 0 saturated carbocycles. The molecule has 0 saturated heterocycles. The molecule has 0 aliphatic heterocycles. The van der Waals surface area contributed by atoms with Crippen LogP contribution in [0.3, 0.4) is 0 Å². The molecule has 1 N–H and O–H groups in total. The summed E-state index contributed by atoms with van der Waals surface area (Å²) in [7, 11) is 0. The molecule has 1 amide bonds. The zero-order valence-corrected chi connectivity index (χ0v) is 11.4. The van der Waals surface area contributed by atoms with E-state index in [0.717, 1.165) is 0 Å². The van der Waals surface area contributed by atoms with Crippen molar-refractivity contribution in [1.29, 1.82) is 0 Å². The van der Waals surface area contributed by atoms with E-state index in [9.17, 15) is 4.79 Å². The summed E-state index contributed by atoms with van der Waals surface area (Å²) in [5.41, 5.74) is 0.972. The highest BCUT2D eigenvalue weighted by Gasteiger charge is 2.09. The van der Waals surface area contributed by atoms with Gasteiger partial charge in [0.05, 0.1) is 15.7 Å². The maximum atomic E-state index is 11.9. The second-order valence-corrected chi connectivity index (χ2v) is 4.78. The minimum Gasteiger partial charge on any atom is -0.321 e. The smallest absolute Gasteiger partial charge is 0.255 e. The molecule has 0 aromatic heterocycles. The molecule has 2 aromatic rings. The molecule has 0 spiro atoms. The highest BCUT2D eigenvalue weighted by Crippen LogP contribution is 2.29. The molecule has 0 heterocycles. The van der Waals surface area contributed by atoms with E-state index in [1.807, 2.05) is 0 Å². The largest absolute Gasteiger partial charge is 0.321 e. The highest BCUT2D eigenvalue weighted by atomic mass is 35.5. The number of amides is 1. The molecule has 0 aliphatic rings. The van der Waals surface area contributed by atoms with Crippen molar-refractivity contribution >= 4 is 46.4 Å². The van der Waals surface area contributed by atoms with E-state index in [-0.39, 0.29) is 5.91 Å². The number of nitrogens with one attached hydrogen (secondary N) is 1. The van der Waals surface area contributed by atoms with Crippen molar-refractivity contribution in [2.45, 2.75) is 0 Å². The maximum absolute atomic E-state index is 11.9. The Morgan fingerprint density at radius 2 is 1.61 bits per heavy atom. The third kappa shape index (κ3) is 2.96. The lowest BCUT2D eigenvalue weighted by Crippen LogP contribution is -2.12. The molecule has 2 aromatic carbocycles. The van der Waals surface area contributed by atoms with Crippen LogP contribution in [0.5, 0.6) is 0 Å². The number of anilines is 1. The van der Waals surface area contributed by atoms with Crippen molar-refractivity contribution in [3.63, 3.8) is 0 Å². The van der Waals surface area contributed by atoms with E-state index in [2.05, 4.69) is 5.32 Å². The summed E-state index contributed by atoms with van der Waals surface area (Å²) in [6, 6.07) is 11.6. The van der Waals surface area contributed by atoms with Crippen molar-refractivity contribution in [3.8, 4) is 0 Å². The number of carbonyl (C=O) groups excluding carboxylic acids is 1. The Morgan fingerprint density at radius 1 is 0.944 bits per heavy atom. The Kier molecular flexibility index (Phi) is 4.12. The fraction of sp³-hybridized carbons (Fsp3) is 0. The molecule has 0 bridgehead atoms. The Morgan fingerprint density at radius 3 is 2.28 bits per heavy atom. The summed E-state index contributed by atoms with van der Waals surface area (Å²) in [4.78, 5) is 11.9. The average Bonchev–Trinajstić information content (AvgIpc) is 2.36. The summed E-state index contributed by atoms with van der Waals surface area (Å²) in [6.07, 6.45) is 0. The van der Waals surface area contributed by atoms with Crippen LogP contribution in [-0.2, 0) is 0 Å². The summed E-state index contributed by atoms with van der Waals surface area (Å²) in [5, 5.41) is 3.98. The van der Waals surface area contributed by atoms with Gasteiger partial charge in [0.15, 0.2) is 0 Å². The summed E-state index contributed by atoms with van der Waals surface area (Å²) >= 11 is 17.6. The number of benzene rings is 2. The molecule has 0 aliphatic carbocycles. The van der Waals surface area contributed by atoms with Gasteiger partial charge in [-0.1, -0.05) is 40.9 Å². The Bertz CT molecular complexity index is 581. The van der Waals surface area contributed by atoms with E-state index in [1.165, 1.54) is 0 Å². The van der Waals surface area contributed by atoms with E-state index in [1.54, 1.807) is 42.5 Å². The first-order valence-corrected chi connectivity index (χ1v) is 6.22. The van der Waals surface area contributed by atoms with Crippen LogP contribution in [0.4, 0.5) is 5.69 Å². The van der Waals surface area contributed by atoms with Gasteiger partial charge in [0.1, 0.15) is 0 Å². The molecule has 0 atom stereocenters. The number of hydrogen-bond donors (Lipinski definition) is 1. The first-order chi connectivity index (χ1) is 8.58. The van der Waals surface area contributed by atoms with Crippen LogP contribution in [0.1, 0.15) is 10.4 Å². The zero-order chi connectivity index (χ0) is 13.1. The third-order valence-corrected chi connectivity index (χ3v) is 3.38. The number of hydrogen-bond acceptors (Lipinski definition) is 1. The van der Waals surface area contributed by atoms with Crippen LogP contribution < -0.4 is 5.32 Å². The van der Waals surface area contributed by atoms with Crippen molar-refractivity contribution < 1.29 is 4.79 Å². The molecular formula is C13H8Cl3NO. The zero-order valence-electron chi connectivity index (χ0n) is 9.08. The van der Waals surface area contributed by atoms with Crippen molar-refractivity contribution in [3.05, 3.63) is 63.1 Å². The van der Waals surface area contributed by atoms with Gasteiger partial charge in [-0.15, -0.1) is 0 Å². The lowest BCUT2D eigenvalue weighted by Gasteiger charge is -2.08.